The number of rotatable bonds is 4. The molecular formula is C18H22F5N3OS. The molecule has 28 heavy (non-hydrogen) atoms. The Labute approximate surface area is 164 Å². The maximum absolute atomic E-state index is 14.0. The zero-order valence-electron chi connectivity index (χ0n) is 15.0. The third kappa shape index (κ3) is 4.94. The Kier molecular flexibility index (Phi) is 6.19. The van der Waals surface area contributed by atoms with E-state index in [2.05, 4.69) is 10.3 Å². The molecule has 4 atom stereocenters. The maximum Gasteiger partial charge on any atom is 0.391 e. The van der Waals surface area contributed by atoms with Gasteiger partial charge in [0.05, 0.1) is 5.92 Å². The van der Waals surface area contributed by atoms with Crippen LogP contribution in [0.4, 0.5) is 27.6 Å². The zero-order chi connectivity index (χ0) is 20.5. The average Bonchev–Trinajstić information content (AvgIpc) is 3.11. The van der Waals surface area contributed by atoms with Gasteiger partial charge in [-0.15, -0.1) is 0 Å². The summed E-state index contributed by atoms with van der Waals surface area (Å²) in [6.45, 7) is 0. The van der Waals surface area contributed by atoms with E-state index in [-0.39, 0.29) is 25.2 Å². The van der Waals surface area contributed by atoms with Crippen LogP contribution in [0, 0.1) is 23.7 Å². The van der Waals surface area contributed by atoms with Gasteiger partial charge in [-0.25, -0.2) is 13.8 Å². The molecule has 2 aliphatic rings. The number of alkyl halides is 5. The Morgan fingerprint density at radius 2 is 2.04 bits per heavy atom. The van der Waals surface area contributed by atoms with Gasteiger partial charge in [-0.2, -0.15) is 13.2 Å². The fourth-order valence-corrected chi connectivity index (χ4v) is 4.81. The fourth-order valence-electron chi connectivity index (χ4n) is 4.49. The predicted molar refractivity (Wildman–Crippen MR) is 95.6 cm³/mol. The number of hydrogen-bond donors (Lipinski definition) is 2. The normalized spacial score (nSPS) is 30.2. The summed E-state index contributed by atoms with van der Waals surface area (Å²) < 4.78 is 67.1. The molecule has 2 aliphatic carbocycles. The van der Waals surface area contributed by atoms with Crippen LogP contribution >= 0.6 is 11.9 Å². The highest BCUT2D eigenvalue weighted by Gasteiger charge is 2.51. The van der Waals surface area contributed by atoms with E-state index >= 15 is 0 Å². The van der Waals surface area contributed by atoms with Crippen molar-refractivity contribution in [1.82, 2.24) is 4.98 Å². The highest BCUT2D eigenvalue weighted by molar-refractivity contribution is 7.97. The second-order valence-electron chi connectivity index (χ2n) is 7.67. The molecule has 0 saturated heterocycles. The Bertz CT molecular complexity index is 715. The van der Waals surface area contributed by atoms with Gasteiger partial charge in [0, 0.05) is 30.6 Å². The van der Waals surface area contributed by atoms with Crippen LogP contribution < -0.4 is 10.5 Å². The first-order valence-electron chi connectivity index (χ1n) is 9.17. The van der Waals surface area contributed by atoms with Crippen molar-refractivity contribution in [3.8, 4) is 0 Å². The topological polar surface area (TPSA) is 68.0 Å². The standard InChI is InChI=1S/C18H22F5N3OS/c19-17(20)5-3-13(10-1-2-11(7-10)18(21,22)23)14(9-17)16(27)26-12-4-6-25-15(8-12)28-24/h4,6,8,10-11,13-14H,1-3,5,7,9,24H2,(H,25,26,27)/t10?,11?,13?,14-/m1/s1. The Morgan fingerprint density at radius 1 is 1.29 bits per heavy atom. The SMILES string of the molecule is NSc1cc(NC(=O)[C@@H]2CC(F)(F)CCC2C2CCC(C(F)(F)F)C2)ccn1. The lowest BCUT2D eigenvalue weighted by molar-refractivity contribution is -0.174. The van der Waals surface area contributed by atoms with Crippen LogP contribution in [-0.2, 0) is 4.79 Å². The second-order valence-corrected chi connectivity index (χ2v) is 8.32. The van der Waals surface area contributed by atoms with Crippen LogP contribution in [0.1, 0.15) is 38.5 Å². The minimum absolute atomic E-state index is 0.00314. The van der Waals surface area contributed by atoms with Crippen molar-refractivity contribution in [1.29, 1.82) is 0 Å². The molecule has 1 aromatic heterocycles. The second kappa shape index (κ2) is 8.14. The summed E-state index contributed by atoms with van der Waals surface area (Å²) in [5.74, 6) is -6.85. The number of nitrogens with one attached hydrogen (secondary N) is 1. The monoisotopic (exact) mass is 423 g/mol. The van der Waals surface area contributed by atoms with Crippen LogP contribution in [0.25, 0.3) is 0 Å². The molecule has 1 aromatic rings. The van der Waals surface area contributed by atoms with Crippen molar-refractivity contribution in [3.05, 3.63) is 18.3 Å². The van der Waals surface area contributed by atoms with Crippen LogP contribution in [0.15, 0.2) is 23.4 Å². The van der Waals surface area contributed by atoms with E-state index in [4.69, 9.17) is 5.14 Å². The van der Waals surface area contributed by atoms with Crippen molar-refractivity contribution in [2.24, 2.45) is 28.8 Å². The van der Waals surface area contributed by atoms with E-state index in [1.807, 2.05) is 0 Å². The number of aromatic nitrogens is 1. The molecule has 0 bridgehead atoms. The number of amides is 1. The molecule has 10 heteroatoms. The number of halogens is 5. The van der Waals surface area contributed by atoms with E-state index in [9.17, 15) is 26.7 Å². The van der Waals surface area contributed by atoms with Gasteiger partial charge in [-0.3, -0.25) is 9.93 Å². The summed E-state index contributed by atoms with van der Waals surface area (Å²) in [7, 11) is 0. The lowest BCUT2D eigenvalue weighted by Crippen LogP contribution is -2.42. The summed E-state index contributed by atoms with van der Waals surface area (Å²) >= 11 is 0.880. The number of carbonyl (C=O) groups is 1. The molecule has 2 saturated carbocycles. The third-order valence-electron chi connectivity index (χ3n) is 5.88. The number of carbonyl (C=O) groups excluding carboxylic acids is 1. The quantitative estimate of drug-likeness (QED) is 0.527. The van der Waals surface area contributed by atoms with Crippen molar-refractivity contribution in [3.63, 3.8) is 0 Å². The van der Waals surface area contributed by atoms with Gasteiger partial charge in [-0.1, -0.05) is 0 Å². The Morgan fingerprint density at radius 3 is 2.68 bits per heavy atom. The van der Waals surface area contributed by atoms with E-state index in [0.717, 1.165) is 11.9 Å². The Balaban J connectivity index is 1.75. The molecule has 2 fully saturated rings. The molecule has 156 valence electrons. The molecule has 1 heterocycles. The van der Waals surface area contributed by atoms with Crippen LogP contribution in [-0.4, -0.2) is 23.0 Å². The molecule has 0 aromatic carbocycles. The molecule has 0 aliphatic heterocycles. The lowest BCUT2D eigenvalue weighted by Gasteiger charge is -2.38. The van der Waals surface area contributed by atoms with Gasteiger partial charge in [0.25, 0.3) is 0 Å². The lowest BCUT2D eigenvalue weighted by atomic mass is 9.70. The first kappa shape index (κ1) is 21.3. The molecule has 0 radical (unpaired) electrons. The molecule has 0 spiro atoms. The number of hydrogen-bond acceptors (Lipinski definition) is 4. The van der Waals surface area contributed by atoms with Gasteiger partial charge < -0.3 is 5.32 Å². The smallest absolute Gasteiger partial charge is 0.326 e. The van der Waals surface area contributed by atoms with Gasteiger partial charge >= 0.3 is 6.18 Å². The fraction of sp³-hybridized carbons (Fsp3) is 0.667. The van der Waals surface area contributed by atoms with Crippen molar-refractivity contribution < 1.29 is 26.7 Å². The predicted octanol–water partition coefficient (Wildman–Crippen LogP) is 5.02. The number of anilines is 1. The minimum atomic E-state index is -4.28. The van der Waals surface area contributed by atoms with E-state index < -0.39 is 48.6 Å². The minimum Gasteiger partial charge on any atom is -0.326 e. The van der Waals surface area contributed by atoms with E-state index in [0.29, 0.717) is 17.1 Å². The van der Waals surface area contributed by atoms with Crippen molar-refractivity contribution >= 4 is 23.5 Å². The summed E-state index contributed by atoms with van der Waals surface area (Å²) in [5, 5.41) is 8.50. The third-order valence-corrected chi connectivity index (χ3v) is 6.35. The average molecular weight is 423 g/mol. The van der Waals surface area contributed by atoms with Crippen LogP contribution in [0.2, 0.25) is 0 Å². The summed E-state index contributed by atoms with van der Waals surface area (Å²) in [5.41, 5.74) is 0.375. The van der Waals surface area contributed by atoms with Gasteiger partial charge in [-0.05, 0) is 61.6 Å². The van der Waals surface area contributed by atoms with Gasteiger partial charge in [0.2, 0.25) is 11.8 Å². The largest absolute Gasteiger partial charge is 0.391 e. The zero-order valence-corrected chi connectivity index (χ0v) is 15.8. The first-order valence-corrected chi connectivity index (χ1v) is 10.1. The number of nitrogens with two attached hydrogens (primary N) is 1. The highest BCUT2D eigenvalue weighted by atomic mass is 32.2. The van der Waals surface area contributed by atoms with E-state index in [1.165, 1.54) is 18.3 Å². The molecule has 4 nitrogen and oxygen atoms in total. The van der Waals surface area contributed by atoms with Gasteiger partial charge in [0.15, 0.2) is 0 Å². The van der Waals surface area contributed by atoms with Gasteiger partial charge in [0.1, 0.15) is 5.03 Å². The molecule has 1 amide bonds. The summed E-state index contributed by atoms with van der Waals surface area (Å²) in [6.07, 6.45) is -3.60. The van der Waals surface area contributed by atoms with Crippen LogP contribution in [0.3, 0.4) is 0 Å². The first-order chi connectivity index (χ1) is 13.1. The molecule has 3 rings (SSSR count). The van der Waals surface area contributed by atoms with Crippen LogP contribution in [0.5, 0.6) is 0 Å². The summed E-state index contributed by atoms with van der Waals surface area (Å²) in [4.78, 5) is 16.7. The Hall–Kier alpha value is -1.42. The van der Waals surface area contributed by atoms with Crippen molar-refractivity contribution in [2.75, 3.05) is 5.32 Å². The maximum atomic E-state index is 14.0. The van der Waals surface area contributed by atoms with Crippen molar-refractivity contribution in [2.45, 2.75) is 55.6 Å². The number of nitrogens with zero attached hydrogens (tertiary/aromatic N) is 1. The van der Waals surface area contributed by atoms with E-state index in [1.54, 1.807) is 0 Å². The molecule has 3 unspecified atom stereocenters. The molecule has 3 N–H and O–H groups in total. The number of pyridine rings is 1. The molecular weight excluding hydrogens is 401 g/mol. The highest BCUT2D eigenvalue weighted by Crippen LogP contribution is 2.51. The summed E-state index contributed by atoms with van der Waals surface area (Å²) in [6, 6.07) is 3.04.